The molecular weight excluding hydrogens is 328 g/mol. The fraction of sp³-hybridized carbons (Fsp3) is 0.462. The number of anilines is 1. The Morgan fingerprint density at radius 3 is 2.74 bits per heavy atom. The molecule has 0 bridgehead atoms. The Kier molecular flexibility index (Phi) is 7.27. The Morgan fingerprint density at radius 2 is 2.11 bits per heavy atom. The highest BCUT2D eigenvalue weighted by molar-refractivity contribution is 9.10. The van der Waals surface area contributed by atoms with Crippen LogP contribution in [0.1, 0.15) is 13.3 Å². The monoisotopic (exact) mass is 346 g/mol. The topological polar surface area (TPSA) is 58.2 Å². The second kappa shape index (κ2) is 8.45. The average molecular weight is 347 g/mol. The summed E-state index contributed by atoms with van der Waals surface area (Å²) in [6.45, 7) is 2.23. The molecule has 0 aliphatic heterocycles. The van der Waals surface area contributed by atoms with Gasteiger partial charge in [-0.05, 0) is 41.4 Å². The van der Waals surface area contributed by atoms with Crippen molar-refractivity contribution in [1.82, 2.24) is 5.32 Å². The molecule has 0 aromatic heterocycles. The SMILES string of the molecule is CC(CCS(C)=O)NCC(=O)Nc1ccccc1Br. The van der Waals surface area contributed by atoms with Gasteiger partial charge >= 0.3 is 0 Å². The maximum Gasteiger partial charge on any atom is 0.238 e. The number of para-hydroxylation sites is 1. The van der Waals surface area contributed by atoms with Crippen molar-refractivity contribution >= 4 is 38.3 Å². The Morgan fingerprint density at radius 1 is 1.42 bits per heavy atom. The van der Waals surface area contributed by atoms with Gasteiger partial charge in [-0.1, -0.05) is 12.1 Å². The van der Waals surface area contributed by atoms with Gasteiger partial charge < -0.3 is 10.6 Å². The van der Waals surface area contributed by atoms with Crippen molar-refractivity contribution < 1.29 is 9.00 Å². The normalized spacial score (nSPS) is 13.8. The maximum absolute atomic E-state index is 11.8. The zero-order valence-electron chi connectivity index (χ0n) is 11.1. The smallest absolute Gasteiger partial charge is 0.238 e. The van der Waals surface area contributed by atoms with Crippen molar-refractivity contribution in [2.45, 2.75) is 19.4 Å². The summed E-state index contributed by atoms with van der Waals surface area (Å²) in [7, 11) is -0.782. The Bertz CT molecular complexity index is 454. The summed E-state index contributed by atoms with van der Waals surface area (Å²) in [6, 6.07) is 7.65. The van der Waals surface area contributed by atoms with E-state index < -0.39 is 10.8 Å². The molecule has 19 heavy (non-hydrogen) atoms. The van der Waals surface area contributed by atoms with E-state index in [9.17, 15) is 9.00 Å². The molecule has 0 aliphatic rings. The highest BCUT2D eigenvalue weighted by Gasteiger charge is 2.07. The number of benzene rings is 1. The van der Waals surface area contributed by atoms with Crippen LogP contribution in [0.25, 0.3) is 0 Å². The summed E-state index contributed by atoms with van der Waals surface area (Å²) >= 11 is 3.38. The van der Waals surface area contributed by atoms with E-state index in [4.69, 9.17) is 0 Å². The van der Waals surface area contributed by atoms with Gasteiger partial charge in [0.25, 0.3) is 0 Å². The molecule has 0 aliphatic carbocycles. The van der Waals surface area contributed by atoms with E-state index in [0.29, 0.717) is 5.75 Å². The zero-order valence-corrected chi connectivity index (χ0v) is 13.5. The first-order valence-corrected chi connectivity index (χ1v) is 8.59. The summed E-state index contributed by atoms with van der Waals surface area (Å²) in [5.74, 6) is 0.566. The second-order valence-electron chi connectivity index (χ2n) is 4.38. The number of amides is 1. The third-order valence-corrected chi connectivity index (χ3v) is 4.10. The van der Waals surface area contributed by atoms with Crippen LogP contribution in [0.15, 0.2) is 28.7 Å². The van der Waals surface area contributed by atoms with E-state index in [1.807, 2.05) is 31.2 Å². The largest absolute Gasteiger partial charge is 0.324 e. The predicted octanol–water partition coefficient (Wildman–Crippen LogP) is 2.13. The minimum atomic E-state index is -0.782. The molecule has 2 unspecified atom stereocenters. The summed E-state index contributed by atoms with van der Waals surface area (Å²) < 4.78 is 11.8. The fourth-order valence-electron chi connectivity index (χ4n) is 1.47. The minimum absolute atomic E-state index is 0.0867. The Balaban J connectivity index is 2.32. The van der Waals surface area contributed by atoms with Gasteiger partial charge in [0.2, 0.25) is 5.91 Å². The lowest BCUT2D eigenvalue weighted by Gasteiger charge is -2.13. The van der Waals surface area contributed by atoms with Crippen molar-refractivity contribution in [3.8, 4) is 0 Å². The summed E-state index contributed by atoms with van der Waals surface area (Å²) in [5.41, 5.74) is 0.761. The van der Waals surface area contributed by atoms with E-state index in [1.165, 1.54) is 0 Å². The van der Waals surface area contributed by atoms with Crippen LogP contribution in [0, 0.1) is 0 Å². The predicted molar refractivity (Wildman–Crippen MR) is 83.8 cm³/mol. The van der Waals surface area contributed by atoms with Crippen molar-refractivity contribution in [3.63, 3.8) is 0 Å². The van der Waals surface area contributed by atoms with Crippen molar-refractivity contribution in [3.05, 3.63) is 28.7 Å². The van der Waals surface area contributed by atoms with E-state index in [0.717, 1.165) is 16.6 Å². The van der Waals surface area contributed by atoms with E-state index in [1.54, 1.807) is 6.26 Å². The molecule has 4 nitrogen and oxygen atoms in total. The molecule has 0 spiro atoms. The van der Waals surface area contributed by atoms with Gasteiger partial charge in [0.1, 0.15) is 0 Å². The third-order valence-electron chi connectivity index (χ3n) is 2.60. The van der Waals surface area contributed by atoms with E-state index in [2.05, 4.69) is 26.6 Å². The van der Waals surface area contributed by atoms with Crippen LogP contribution in [0.4, 0.5) is 5.69 Å². The fourth-order valence-corrected chi connectivity index (χ4v) is 2.54. The molecule has 0 heterocycles. The van der Waals surface area contributed by atoms with Crippen molar-refractivity contribution in [2.24, 2.45) is 0 Å². The molecule has 1 amide bonds. The van der Waals surface area contributed by atoms with Crippen molar-refractivity contribution in [2.75, 3.05) is 23.9 Å². The van der Waals surface area contributed by atoms with Crippen LogP contribution < -0.4 is 10.6 Å². The van der Waals surface area contributed by atoms with Gasteiger partial charge in [0.15, 0.2) is 0 Å². The van der Waals surface area contributed by atoms with E-state index >= 15 is 0 Å². The number of hydrogen-bond acceptors (Lipinski definition) is 3. The van der Waals surface area contributed by atoms with Crippen LogP contribution in [0.3, 0.4) is 0 Å². The second-order valence-corrected chi connectivity index (χ2v) is 6.78. The van der Waals surface area contributed by atoms with Crippen LogP contribution >= 0.6 is 15.9 Å². The number of nitrogens with one attached hydrogen (secondary N) is 2. The molecule has 0 radical (unpaired) electrons. The highest BCUT2D eigenvalue weighted by atomic mass is 79.9. The highest BCUT2D eigenvalue weighted by Crippen LogP contribution is 2.20. The lowest BCUT2D eigenvalue weighted by molar-refractivity contribution is -0.115. The number of carbonyl (C=O) groups excluding carboxylic acids is 1. The Labute approximate surface area is 124 Å². The summed E-state index contributed by atoms with van der Waals surface area (Å²) in [6.07, 6.45) is 2.48. The van der Waals surface area contributed by atoms with Gasteiger partial charge in [-0.25, -0.2) is 0 Å². The quantitative estimate of drug-likeness (QED) is 0.795. The lowest BCUT2D eigenvalue weighted by atomic mass is 10.2. The molecule has 1 aromatic carbocycles. The molecule has 0 fully saturated rings. The zero-order chi connectivity index (χ0) is 14.3. The number of hydrogen-bond donors (Lipinski definition) is 2. The number of halogens is 1. The van der Waals surface area contributed by atoms with Crippen LogP contribution in [0.5, 0.6) is 0 Å². The minimum Gasteiger partial charge on any atom is -0.324 e. The molecule has 0 saturated heterocycles. The van der Waals surface area contributed by atoms with Crippen LogP contribution in [-0.4, -0.2) is 34.7 Å². The van der Waals surface area contributed by atoms with Gasteiger partial charge in [-0.15, -0.1) is 0 Å². The van der Waals surface area contributed by atoms with Gasteiger partial charge in [-0.3, -0.25) is 9.00 Å². The first-order chi connectivity index (χ1) is 8.99. The summed E-state index contributed by atoms with van der Waals surface area (Å²) in [4.78, 5) is 11.8. The van der Waals surface area contributed by atoms with Gasteiger partial charge in [0.05, 0.1) is 12.2 Å². The van der Waals surface area contributed by atoms with E-state index in [-0.39, 0.29) is 18.5 Å². The number of rotatable bonds is 7. The van der Waals surface area contributed by atoms with Gasteiger partial charge in [-0.2, -0.15) is 0 Å². The molecule has 1 rings (SSSR count). The first-order valence-electron chi connectivity index (χ1n) is 6.07. The molecule has 2 atom stereocenters. The lowest BCUT2D eigenvalue weighted by Crippen LogP contribution is -2.35. The van der Waals surface area contributed by atoms with Crippen LogP contribution in [-0.2, 0) is 15.6 Å². The first kappa shape index (κ1) is 16.3. The molecule has 2 N–H and O–H groups in total. The summed E-state index contributed by atoms with van der Waals surface area (Å²) in [5, 5.41) is 5.94. The van der Waals surface area contributed by atoms with Crippen LogP contribution in [0.2, 0.25) is 0 Å². The average Bonchev–Trinajstić information content (AvgIpc) is 2.36. The maximum atomic E-state index is 11.8. The molecule has 6 heteroatoms. The molecule has 1 aromatic rings. The third kappa shape index (κ3) is 6.84. The Hall–Kier alpha value is -0.720. The standard InChI is InChI=1S/C13H19BrN2O2S/c1-10(7-8-19(2)18)15-9-13(17)16-12-6-4-3-5-11(12)14/h3-6,10,15H,7-9H2,1-2H3,(H,16,17). The number of carbonyl (C=O) groups is 1. The molecule has 0 saturated carbocycles. The molecular formula is C13H19BrN2O2S. The molecule has 106 valence electrons. The van der Waals surface area contributed by atoms with Crippen molar-refractivity contribution in [1.29, 1.82) is 0 Å². The van der Waals surface area contributed by atoms with Gasteiger partial charge in [0, 0.05) is 33.3 Å².